The van der Waals surface area contributed by atoms with Gasteiger partial charge in [0, 0.05) is 18.8 Å². The monoisotopic (exact) mass is 648 g/mol. The largest absolute Gasteiger partial charge is 0.462 e. The number of hydrogen-bond donors (Lipinski definition) is 0. The van der Waals surface area contributed by atoms with Gasteiger partial charge in [-0.1, -0.05) is 87.5 Å². The van der Waals surface area contributed by atoms with Crippen LogP contribution in [0.4, 0.5) is 0 Å². The molecule has 2 aliphatic carbocycles. The van der Waals surface area contributed by atoms with Crippen LogP contribution in [-0.4, -0.2) is 53.0 Å². The summed E-state index contributed by atoms with van der Waals surface area (Å²) in [5, 5.41) is 0.173. The van der Waals surface area contributed by atoms with Crippen LogP contribution in [0.25, 0.3) is 0 Å². The van der Waals surface area contributed by atoms with Crippen LogP contribution in [0.1, 0.15) is 108 Å². The Kier molecular flexibility index (Phi) is 11.4. The molecule has 3 rings (SSSR count). The van der Waals surface area contributed by atoms with Crippen LogP contribution in [0.2, 0.25) is 36.3 Å². The number of carbonyl (C=O) groups is 2. The Labute approximate surface area is 271 Å². The van der Waals surface area contributed by atoms with E-state index in [-0.39, 0.29) is 63.7 Å². The zero-order chi connectivity index (χ0) is 33.5. The van der Waals surface area contributed by atoms with Gasteiger partial charge in [0.2, 0.25) is 0 Å². The molecule has 3 aliphatic rings. The van der Waals surface area contributed by atoms with Gasteiger partial charge in [-0.25, -0.2) is 0 Å². The third-order valence-electron chi connectivity index (χ3n) is 10.9. The molecule has 0 spiro atoms. The van der Waals surface area contributed by atoms with Crippen LogP contribution in [0.15, 0.2) is 23.8 Å². The van der Waals surface area contributed by atoms with E-state index in [4.69, 9.17) is 18.3 Å². The molecule has 44 heavy (non-hydrogen) atoms. The Morgan fingerprint density at radius 1 is 0.909 bits per heavy atom. The van der Waals surface area contributed by atoms with Gasteiger partial charge in [0.15, 0.2) is 16.6 Å². The second-order valence-corrected chi connectivity index (χ2v) is 27.6. The van der Waals surface area contributed by atoms with Crippen LogP contribution in [0, 0.1) is 23.2 Å². The first-order valence-electron chi connectivity index (χ1n) is 17.0. The summed E-state index contributed by atoms with van der Waals surface area (Å²) in [5.74, 6) is 0.393. The number of allylic oxidation sites excluding steroid dienone is 2. The van der Waals surface area contributed by atoms with Crippen molar-refractivity contribution in [3.63, 3.8) is 0 Å². The summed E-state index contributed by atoms with van der Waals surface area (Å²) in [6, 6.07) is 0. The first-order valence-corrected chi connectivity index (χ1v) is 22.8. The number of hydrogen-bond acceptors (Lipinski definition) is 6. The smallest absolute Gasteiger partial charge is 0.308 e. The minimum Gasteiger partial charge on any atom is -0.462 e. The first-order chi connectivity index (χ1) is 19.9. The van der Waals surface area contributed by atoms with Crippen molar-refractivity contribution in [2.24, 2.45) is 23.2 Å². The quantitative estimate of drug-likeness (QED) is 0.183. The fourth-order valence-corrected chi connectivity index (χ4v) is 8.98. The van der Waals surface area contributed by atoms with Gasteiger partial charge in [0.25, 0.3) is 0 Å². The number of cyclic esters (lactones) is 1. The van der Waals surface area contributed by atoms with Crippen molar-refractivity contribution in [1.29, 1.82) is 0 Å². The summed E-state index contributed by atoms with van der Waals surface area (Å²) in [5.41, 5.74) is 1.07. The van der Waals surface area contributed by atoms with E-state index in [1.165, 1.54) is 5.57 Å². The van der Waals surface area contributed by atoms with Crippen molar-refractivity contribution in [3.8, 4) is 0 Å². The van der Waals surface area contributed by atoms with Gasteiger partial charge in [0.1, 0.15) is 12.2 Å². The molecule has 7 atom stereocenters. The third-order valence-corrected chi connectivity index (χ3v) is 19.9. The predicted molar refractivity (Wildman–Crippen MR) is 184 cm³/mol. The van der Waals surface area contributed by atoms with Crippen LogP contribution in [0.3, 0.4) is 0 Å². The van der Waals surface area contributed by atoms with Crippen molar-refractivity contribution in [2.45, 2.75) is 168 Å². The number of ether oxygens (including phenoxy) is 2. The molecule has 252 valence electrons. The van der Waals surface area contributed by atoms with Crippen molar-refractivity contribution in [1.82, 2.24) is 0 Å². The van der Waals surface area contributed by atoms with E-state index in [0.717, 1.165) is 19.3 Å². The second kappa shape index (κ2) is 13.5. The molecule has 0 aromatic heterocycles. The lowest BCUT2D eigenvalue weighted by atomic mass is 9.66. The summed E-state index contributed by atoms with van der Waals surface area (Å²) in [7, 11) is -4.03. The second-order valence-electron chi connectivity index (χ2n) is 18.1. The molecule has 0 unspecified atom stereocenters. The molecule has 0 aromatic carbocycles. The SMILES string of the molecule is C[C@@H]1C=CC2=C[C@@H](O[Si](C)(C)C(C)(C)C)C[C@H](OC(=O)CC(C)(C)C)[C@@H]2[C@H]1CC[C@@H]1C[C@@H](O[Si](C)(C)C(C)(C)C)CC(=O)O1. The van der Waals surface area contributed by atoms with E-state index in [1.807, 2.05) is 0 Å². The van der Waals surface area contributed by atoms with E-state index >= 15 is 0 Å². The number of rotatable bonds is 9. The van der Waals surface area contributed by atoms with E-state index in [2.05, 4.69) is 114 Å². The molecule has 0 N–H and O–H groups in total. The Hall–Kier alpha value is -1.23. The minimum absolute atomic E-state index is 0.0826. The predicted octanol–water partition coefficient (Wildman–Crippen LogP) is 9.37. The molecular weight excluding hydrogens is 585 g/mol. The highest BCUT2D eigenvalue weighted by Crippen LogP contribution is 2.47. The molecule has 6 nitrogen and oxygen atoms in total. The fourth-order valence-electron chi connectivity index (χ4n) is 6.33. The molecule has 0 amide bonds. The standard InChI is InChI=1S/C36H64O6Si2/c1-24-15-16-25-19-27(41-43(11,12)35(5,6)7)21-30(40-32(38)23-34(2,3)4)33(25)29(24)18-17-26-20-28(22-31(37)39-26)42-44(13,14)36(8,9)10/h15-16,19,24,26-30,33H,17-18,20-23H2,1-14H3/t24-,26-,27-,28-,29+,30+,33+/m1/s1. The highest BCUT2D eigenvalue weighted by molar-refractivity contribution is 6.74. The molecule has 0 aromatic rings. The Morgan fingerprint density at radius 3 is 2.07 bits per heavy atom. The van der Waals surface area contributed by atoms with Gasteiger partial charge in [-0.15, -0.1) is 0 Å². The van der Waals surface area contributed by atoms with Gasteiger partial charge in [-0.3, -0.25) is 9.59 Å². The van der Waals surface area contributed by atoms with Crippen LogP contribution < -0.4 is 0 Å². The maximum atomic E-state index is 13.2. The highest BCUT2D eigenvalue weighted by Gasteiger charge is 2.46. The molecule has 0 radical (unpaired) electrons. The normalized spacial score (nSPS) is 30.4. The van der Waals surface area contributed by atoms with E-state index in [1.54, 1.807) is 0 Å². The summed E-state index contributed by atoms with van der Waals surface area (Å²) in [6.07, 6.45) is 10.1. The zero-order valence-electron chi connectivity index (χ0n) is 30.5. The first kappa shape index (κ1) is 37.2. The molecule has 1 heterocycles. The topological polar surface area (TPSA) is 71.1 Å². The van der Waals surface area contributed by atoms with Crippen LogP contribution in [0.5, 0.6) is 0 Å². The Balaban J connectivity index is 1.82. The molecule has 1 aliphatic heterocycles. The van der Waals surface area contributed by atoms with Crippen molar-refractivity contribution in [3.05, 3.63) is 23.8 Å². The van der Waals surface area contributed by atoms with Crippen LogP contribution in [-0.2, 0) is 27.9 Å². The van der Waals surface area contributed by atoms with Crippen molar-refractivity contribution in [2.75, 3.05) is 0 Å². The highest BCUT2D eigenvalue weighted by atomic mass is 28.4. The number of esters is 2. The van der Waals surface area contributed by atoms with Gasteiger partial charge >= 0.3 is 11.9 Å². The summed E-state index contributed by atoms with van der Waals surface area (Å²) < 4.78 is 25.8. The van der Waals surface area contributed by atoms with E-state index < -0.39 is 16.6 Å². The molecular formula is C36H64O6Si2. The number of carbonyl (C=O) groups excluding carboxylic acids is 2. The molecule has 0 bridgehead atoms. The van der Waals surface area contributed by atoms with Gasteiger partial charge < -0.3 is 18.3 Å². The summed E-state index contributed by atoms with van der Waals surface area (Å²) >= 11 is 0. The third kappa shape index (κ3) is 9.65. The van der Waals surface area contributed by atoms with Crippen LogP contribution >= 0.6 is 0 Å². The molecule has 1 fully saturated rings. The number of fused-ring (bicyclic) bond motifs is 1. The lowest BCUT2D eigenvalue weighted by Gasteiger charge is -2.46. The maximum Gasteiger partial charge on any atom is 0.308 e. The average molecular weight is 649 g/mol. The zero-order valence-corrected chi connectivity index (χ0v) is 32.5. The van der Waals surface area contributed by atoms with Gasteiger partial charge in [-0.05, 0) is 71.9 Å². The van der Waals surface area contributed by atoms with Crippen molar-refractivity contribution >= 4 is 28.6 Å². The average Bonchev–Trinajstić information content (AvgIpc) is 2.80. The Bertz CT molecular complexity index is 1090. The van der Waals surface area contributed by atoms with Gasteiger partial charge in [0.05, 0.1) is 25.0 Å². The van der Waals surface area contributed by atoms with Gasteiger partial charge in [-0.2, -0.15) is 0 Å². The minimum atomic E-state index is -2.03. The fraction of sp³-hybridized carbons (Fsp3) is 0.833. The summed E-state index contributed by atoms with van der Waals surface area (Å²) in [6.45, 7) is 31.0. The lowest BCUT2D eigenvalue weighted by Crippen LogP contribution is -2.48. The Morgan fingerprint density at radius 2 is 1.50 bits per heavy atom. The van der Waals surface area contributed by atoms with E-state index in [9.17, 15) is 9.59 Å². The molecule has 1 saturated heterocycles. The van der Waals surface area contributed by atoms with E-state index in [0.29, 0.717) is 25.2 Å². The lowest BCUT2D eigenvalue weighted by molar-refractivity contribution is -0.161. The summed E-state index contributed by atoms with van der Waals surface area (Å²) in [4.78, 5) is 25.9. The molecule has 0 saturated carbocycles. The molecule has 8 heteroatoms. The maximum absolute atomic E-state index is 13.2. The van der Waals surface area contributed by atoms with Crippen molar-refractivity contribution < 1.29 is 27.9 Å².